The number of rotatable bonds is 14. The van der Waals surface area contributed by atoms with Crippen LogP contribution in [0.15, 0.2) is 169 Å². The lowest BCUT2D eigenvalue weighted by atomic mass is 9.84. The zero-order valence-corrected chi connectivity index (χ0v) is 68.0. The highest BCUT2D eigenvalue weighted by Crippen LogP contribution is 2.38. The smallest absolute Gasteiger partial charge is 0.376 e. The van der Waals surface area contributed by atoms with Gasteiger partial charge in [-0.25, -0.2) is 14.8 Å². The number of aromatic nitrogens is 4. The number of aromatic amines is 2. The van der Waals surface area contributed by atoms with Crippen molar-refractivity contribution in [3.8, 4) is 28.4 Å². The summed E-state index contributed by atoms with van der Waals surface area (Å²) in [6.45, 7) is 47.8. The molecule has 0 unspecified atom stereocenters. The molecule has 0 bridgehead atoms. The number of fused-ring (bicyclic) bond motifs is 2. The molecule has 0 radical (unpaired) electrons. The SMILES string of the molecule is CB(O)N1CCNCC1.CC.CCN(CC)c1ccc(C)cc1.CCN1CCN(C(=O)c2ccc3nc[nH]c3c2)CC1.CCN1CCNCC1.CCN1CCNCC1.COc1cc(C)cc(OC)c1OC.CSc1ccc(C)cc1.Cc1ccc(-c2ccccc2)cc1.Cl.O=C(O)c1ccc2nc[nH]c2c1. The molecule has 9 aromatic rings. The number of carbonyl (C=O) groups excluding carboxylic acids is 1. The highest BCUT2D eigenvalue weighted by molar-refractivity contribution is 7.98. The van der Waals surface area contributed by atoms with Crippen molar-refractivity contribution < 1.29 is 33.9 Å². The molecule has 4 saturated heterocycles. The molecule has 0 saturated carbocycles. The number of likely N-dealkylation sites (N-methyl/N-ethyl adjacent to an activating group) is 3. The molecule has 20 nitrogen and oxygen atoms in total. The summed E-state index contributed by atoms with van der Waals surface area (Å²) in [7, 11) is 4.54. The number of piperazine rings is 4. The molecule has 106 heavy (non-hydrogen) atoms. The highest BCUT2D eigenvalue weighted by Gasteiger charge is 2.22. The number of ether oxygens (including phenoxy) is 3. The van der Waals surface area contributed by atoms with Crippen LogP contribution < -0.4 is 35.1 Å². The van der Waals surface area contributed by atoms with Gasteiger partial charge in [-0.2, -0.15) is 0 Å². The van der Waals surface area contributed by atoms with Crippen LogP contribution in [0.3, 0.4) is 0 Å². The molecule has 0 spiro atoms. The van der Waals surface area contributed by atoms with E-state index in [1.165, 1.54) is 116 Å². The minimum atomic E-state index is -0.925. The number of halogens is 1. The van der Waals surface area contributed by atoms with Gasteiger partial charge < -0.3 is 79.6 Å². The second kappa shape index (κ2) is 53.7. The molecular formula is C83H125BClN13O7S. The van der Waals surface area contributed by atoms with Crippen molar-refractivity contribution in [2.75, 3.05) is 170 Å². The lowest BCUT2D eigenvalue weighted by molar-refractivity contribution is 0.0642. The quantitative estimate of drug-likeness (QED) is 0.0398. The van der Waals surface area contributed by atoms with Crippen LogP contribution in [-0.4, -0.2) is 238 Å². The average Bonchev–Trinajstić information content (AvgIpc) is 1.54. The van der Waals surface area contributed by atoms with Gasteiger partial charge in [-0.3, -0.25) is 4.79 Å². The Hall–Kier alpha value is -8.00. The number of imidazole rings is 2. The number of hydrogen-bond donors (Lipinski definition) is 7. The minimum Gasteiger partial charge on any atom is -0.493 e. The predicted octanol–water partition coefficient (Wildman–Crippen LogP) is 14.1. The molecule has 0 aliphatic carbocycles. The van der Waals surface area contributed by atoms with Crippen molar-refractivity contribution >= 4 is 70.9 Å². The van der Waals surface area contributed by atoms with Crippen LogP contribution in [0.5, 0.6) is 17.2 Å². The highest BCUT2D eigenvalue weighted by atomic mass is 35.5. The van der Waals surface area contributed by atoms with E-state index < -0.39 is 5.97 Å². The average molecular weight is 1500 g/mol. The number of carbonyl (C=O) groups is 2. The molecule has 6 heterocycles. The van der Waals surface area contributed by atoms with E-state index in [0.717, 1.165) is 105 Å². The fourth-order valence-corrected chi connectivity index (χ4v) is 11.7. The molecular weight excluding hydrogens is 1370 g/mol. The van der Waals surface area contributed by atoms with Gasteiger partial charge in [0.1, 0.15) is 0 Å². The Labute approximate surface area is 645 Å². The molecule has 580 valence electrons. The zero-order valence-electron chi connectivity index (χ0n) is 66.3. The Bertz CT molecular complexity index is 3710. The standard InChI is InChI=1S/C14H18N4O.C13H12.C11H17N.C10H14O3.C8H6N2O2.C8H10S.2C6H14N2.C5H13BN2O.C2H6.ClH/c1-2-17-5-7-18(8-6-17)14(19)11-3-4-12-13(9-11)16-10-15-12;1-11-7-9-13(10-8-11)12-5-3-2-4-6-12;1-4-12(5-2)11-8-6-10(3)7-9-11;1-7-5-8(11-2)10(13-4)9(6-7)12-3;11-8(12)5-1-2-6-7(3-5)10-4-9-6;1-7-3-5-8(9-2)6-4-7;2*1-2-8-5-3-7-4-6-8;1-6(9)8-4-2-7-3-5-8;1-2;/h3-4,9-10H,2,5-8H2,1H3,(H,15,16);2-10H,1H3;6-9H,4-5H2,1-3H3;5-6H,1-4H3;1-4H,(H,9,10)(H,11,12);3-6H,1-2H3;2*7H,2-6H2,1H3;7,9H,2-5H2,1H3;1-2H3;1H. The molecule has 4 aliphatic rings. The van der Waals surface area contributed by atoms with Crippen molar-refractivity contribution in [2.24, 2.45) is 0 Å². The zero-order chi connectivity index (χ0) is 76.7. The normalized spacial score (nSPS) is 14.0. The summed E-state index contributed by atoms with van der Waals surface area (Å²) in [5.41, 5.74) is 13.3. The maximum absolute atomic E-state index is 12.4. The molecule has 4 fully saturated rings. The Balaban J connectivity index is 0.000000312. The van der Waals surface area contributed by atoms with E-state index in [4.69, 9.17) is 24.3 Å². The van der Waals surface area contributed by atoms with E-state index >= 15 is 0 Å². The lowest BCUT2D eigenvalue weighted by Crippen LogP contribution is -2.49. The number of aromatic carboxylic acids is 1. The van der Waals surface area contributed by atoms with Gasteiger partial charge in [-0.15, -0.1) is 24.2 Å². The lowest BCUT2D eigenvalue weighted by Gasteiger charge is -2.34. The van der Waals surface area contributed by atoms with E-state index in [-0.39, 0.29) is 30.9 Å². The van der Waals surface area contributed by atoms with Gasteiger partial charge in [0.05, 0.1) is 61.6 Å². The van der Waals surface area contributed by atoms with Gasteiger partial charge >= 0.3 is 13.0 Å². The van der Waals surface area contributed by atoms with E-state index in [1.807, 2.05) is 68.9 Å². The third-order valence-electron chi connectivity index (χ3n) is 17.8. The molecule has 0 atom stereocenters. The van der Waals surface area contributed by atoms with E-state index in [2.05, 4.69) is 219 Å². The van der Waals surface area contributed by atoms with Crippen molar-refractivity contribution in [1.82, 2.24) is 60.3 Å². The van der Waals surface area contributed by atoms with Gasteiger partial charge in [0.25, 0.3) is 5.91 Å². The van der Waals surface area contributed by atoms with Crippen LogP contribution in [0.25, 0.3) is 33.2 Å². The molecule has 13 rings (SSSR count). The number of nitrogens with zero attached hydrogens (tertiary/aromatic N) is 8. The summed E-state index contributed by atoms with van der Waals surface area (Å²) >= 11 is 1.78. The second-order valence-electron chi connectivity index (χ2n) is 25.0. The summed E-state index contributed by atoms with van der Waals surface area (Å²) in [6.07, 6.45) is 5.28. The van der Waals surface area contributed by atoms with Crippen LogP contribution in [0.1, 0.15) is 91.4 Å². The largest absolute Gasteiger partial charge is 0.493 e. The van der Waals surface area contributed by atoms with Gasteiger partial charge in [-0.1, -0.05) is 130 Å². The Morgan fingerprint density at radius 1 is 0.509 bits per heavy atom. The minimum absolute atomic E-state index is 0. The fourth-order valence-electron chi connectivity index (χ4n) is 11.3. The maximum atomic E-state index is 12.4. The van der Waals surface area contributed by atoms with Gasteiger partial charge in [0.2, 0.25) is 5.75 Å². The van der Waals surface area contributed by atoms with Crippen LogP contribution >= 0.6 is 24.2 Å². The van der Waals surface area contributed by atoms with Crippen LogP contribution in [0.2, 0.25) is 6.82 Å². The Morgan fingerprint density at radius 2 is 0.915 bits per heavy atom. The maximum Gasteiger partial charge on any atom is 0.376 e. The molecule has 2 aromatic heterocycles. The number of carboxylic acid groups (broad SMARTS) is 1. The number of aryl methyl sites for hydroxylation is 4. The molecule has 23 heteroatoms. The fraction of sp³-hybridized carbons (Fsp3) is 0.446. The van der Waals surface area contributed by atoms with Gasteiger partial charge in [0.15, 0.2) is 11.5 Å². The monoisotopic (exact) mass is 1490 g/mol. The summed E-state index contributed by atoms with van der Waals surface area (Å²) in [5.74, 6) is 1.22. The number of methoxy groups -OCH3 is 3. The van der Waals surface area contributed by atoms with Crippen molar-refractivity contribution in [3.63, 3.8) is 0 Å². The predicted molar refractivity (Wildman–Crippen MR) is 449 cm³/mol. The number of H-pyrrole nitrogens is 2. The third-order valence-corrected chi connectivity index (χ3v) is 18.6. The Kier molecular flexibility index (Phi) is 46.7. The van der Waals surface area contributed by atoms with Crippen LogP contribution in [0, 0.1) is 27.7 Å². The van der Waals surface area contributed by atoms with E-state index in [0.29, 0.717) is 17.2 Å². The summed E-state index contributed by atoms with van der Waals surface area (Å²) in [4.78, 5) is 51.9. The number of anilines is 1. The number of benzene rings is 7. The number of thioether (sulfide) groups is 1. The first-order valence-corrected chi connectivity index (χ1v) is 38.5. The van der Waals surface area contributed by atoms with Crippen LogP contribution in [-0.2, 0) is 0 Å². The number of amides is 1. The molecule has 7 aromatic carbocycles. The molecule has 1 amide bonds. The number of carboxylic acids is 1. The summed E-state index contributed by atoms with van der Waals surface area (Å²) < 4.78 is 15.5. The summed E-state index contributed by atoms with van der Waals surface area (Å²) in [5, 5.41) is 27.6. The number of hydrogen-bond acceptors (Lipinski definition) is 17. The first-order valence-electron chi connectivity index (χ1n) is 37.3. The van der Waals surface area contributed by atoms with Crippen molar-refractivity contribution in [3.05, 3.63) is 198 Å². The first kappa shape index (κ1) is 92.2. The van der Waals surface area contributed by atoms with Crippen molar-refractivity contribution in [1.29, 1.82) is 0 Å². The molecule has 7 N–H and O–H groups in total. The third kappa shape index (κ3) is 33.8. The molecule has 4 aliphatic heterocycles. The van der Waals surface area contributed by atoms with Gasteiger partial charge in [-0.05, 0) is 164 Å². The van der Waals surface area contributed by atoms with E-state index in [9.17, 15) is 9.59 Å². The van der Waals surface area contributed by atoms with Crippen LogP contribution in [0.4, 0.5) is 5.69 Å². The second-order valence-corrected chi connectivity index (χ2v) is 25.9. The van der Waals surface area contributed by atoms with E-state index in [1.54, 1.807) is 51.6 Å². The van der Waals surface area contributed by atoms with Crippen molar-refractivity contribution in [2.45, 2.75) is 87.9 Å². The topological polar surface area (TPSA) is 215 Å². The van der Waals surface area contributed by atoms with Gasteiger partial charge in [0, 0.05) is 134 Å². The summed E-state index contributed by atoms with van der Waals surface area (Å²) in [6, 6.07) is 50.5. The Morgan fingerprint density at radius 3 is 1.30 bits per heavy atom. The first-order chi connectivity index (χ1) is 50.9. The number of nitrogens with one attached hydrogen (secondary N) is 5.